The third-order valence-corrected chi connectivity index (χ3v) is 4.75. The van der Waals surface area contributed by atoms with Gasteiger partial charge in [0.15, 0.2) is 0 Å². The number of hydrogen-bond acceptors (Lipinski definition) is 5. The smallest absolute Gasteiger partial charge is 0.271 e. The molecular weight excluding hydrogens is 358 g/mol. The number of methoxy groups -OCH3 is 1. The standard InChI is InChI=1S/C21H21N3O4/c1-14(23(2)17-9-8-15-6-4-5-7-16(15)12-17)21(25)22-19-13-18(24(26)27)10-11-20(19)28-3/h4-14H,1-3H3,(H,22,25). The summed E-state index contributed by atoms with van der Waals surface area (Å²) in [7, 11) is 3.28. The van der Waals surface area contributed by atoms with Crippen molar-refractivity contribution < 1.29 is 14.5 Å². The van der Waals surface area contributed by atoms with E-state index in [4.69, 9.17) is 4.74 Å². The monoisotopic (exact) mass is 379 g/mol. The van der Waals surface area contributed by atoms with Crippen molar-refractivity contribution in [3.8, 4) is 5.75 Å². The lowest BCUT2D eigenvalue weighted by molar-refractivity contribution is -0.384. The number of ether oxygens (including phenoxy) is 1. The SMILES string of the molecule is COc1ccc([N+](=O)[O-])cc1NC(=O)C(C)N(C)c1ccc2ccccc2c1. The molecule has 1 unspecified atom stereocenters. The molecule has 1 amide bonds. The number of nitro groups is 1. The molecule has 3 aromatic rings. The molecule has 144 valence electrons. The lowest BCUT2D eigenvalue weighted by atomic mass is 10.1. The molecule has 28 heavy (non-hydrogen) atoms. The Morgan fingerprint density at radius 2 is 1.82 bits per heavy atom. The summed E-state index contributed by atoms with van der Waals surface area (Å²) in [5.74, 6) is 0.0639. The Hall–Kier alpha value is -3.61. The first-order valence-corrected chi connectivity index (χ1v) is 8.75. The number of carbonyl (C=O) groups is 1. The highest BCUT2D eigenvalue weighted by Crippen LogP contribution is 2.29. The maximum absolute atomic E-state index is 12.8. The summed E-state index contributed by atoms with van der Waals surface area (Å²) in [6.07, 6.45) is 0. The topological polar surface area (TPSA) is 84.7 Å². The van der Waals surface area contributed by atoms with Crippen LogP contribution in [0.25, 0.3) is 10.8 Å². The van der Waals surface area contributed by atoms with Gasteiger partial charge in [0.2, 0.25) is 5.91 Å². The largest absolute Gasteiger partial charge is 0.495 e. The summed E-state index contributed by atoms with van der Waals surface area (Å²) < 4.78 is 5.20. The molecule has 7 heteroatoms. The van der Waals surface area contributed by atoms with Crippen LogP contribution < -0.4 is 15.0 Å². The van der Waals surface area contributed by atoms with Crippen LogP contribution in [0.3, 0.4) is 0 Å². The van der Waals surface area contributed by atoms with Crippen LogP contribution in [0.15, 0.2) is 60.7 Å². The van der Waals surface area contributed by atoms with Gasteiger partial charge in [0, 0.05) is 24.9 Å². The number of carbonyl (C=O) groups excluding carboxylic acids is 1. The van der Waals surface area contributed by atoms with E-state index in [1.165, 1.54) is 25.3 Å². The Bertz CT molecular complexity index is 1040. The Morgan fingerprint density at radius 1 is 1.11 bits per heavy atom. The maximum atomic E-state index is 12.8. The zero-order chi connectivity index (χ0) is 20.3. The molecule has 0 aliphatic heterocycles. The number of anilines is 2. The van der Waals surface area contributed by atoms with Crippen LogP contribution >= 0.6 is 0 Å². The summed E-state index contributed by atoms with van der Waals surface area (Å²) >= 11 is 0. The molecule has 0 aliphatic carbocycles. The van der Waals surface area contributed by atoms with Gasteiger partial charge in [-0.05, 0) is 35.9 Å². The van der Waals surface area contributed by atoms with E-state index >= 15 is 0 Å². The molecule has 0 radical (unpaired) electrons. The molecule has 3 aromatic carbocycles. The Morgan fingerprint density at radius 3 is 2.50 bits per heavy atom. The summed E-state index contributed by atoms with van der Waals surface area (Å²) in [6, 6.07) is 17.6. The predicted molar refractivity (Wildman–Crippen MR) is 110 cm³/mol. The minimum Gasteiger partial charge on any atom is -0.495 e. The highest BCUT2D eigenvalue weighted by atomic mass is 16.6. The molecule has 0 heterocycles. The van der Waals surface area contributed by atoms with Gasteiger partial charge in [-0.25, -0.2) is 0 Å². The lowest BCUT2D eigenvalue weighted by Crippen LogP contribution is -2.39. The number of nitrogens with zero attached hydrogens (tertiary/aromatic N) is 2. The molecule has 7 nitrogen and oxygen atoms in total. The third-order valence-electron chi connectivity index (χ3n) is 4.75. The Labute approximate surface area is 162 Å². The van der Waals surface area contributed by atoms with Gasteiger partial charge < -0.3 is 15.0 Å². The first kappa shape index (κ1) is 19.2. The highest BCUT2D eigenvalue weighted by molar-refractivity contribution is 5.98. The fraction of sp³-hybridized carbons (Fsp3) is 0.190. The molecule has 0 aliphatic rings. The Kier molecular flexibility index (Phi) is 5.44. The highest BCUT2D eigenvalue weighted by Gasteiger charge is 2.21. The van der Waals surface area contributed by atoms with Crippen LogP contribution in [-0.2, 0) is 4.79 Å². The summed E-state index contributed by atoms with van der Waals surface area (Å²) in [5, 5.41) is 16.0. The summed E-state index contributed by atoms with van der Waals surface area (Å²) in [6.45, 7) is 1.77. The van der Waals surface area contributed by atoms with Gasteiger partial charge in [0.05, 0.1) is 17.7 Å². The van der Waals surface area contributed by atoms with Gasteiger partial charge in [-0.3, -0.25) is 14.9 Å². The van der Waals surface area contributed by atoms with Crippen molar-refractivity contribution in [2.45, 2.75) is 13.0 Å². The van der Waals surface area contributed by atoms with Crippen molar-refractivity contribution in [2.75, 3.05) is 24.4 Å². The number of fused-ring (bicyclic) bond motifs is 1. The molecule has 0 saturated heterocycles. The van der Waals surface area contributed by atoms with Gasteiger partial charge in [0.25, 0.3) is 5.69 Å². The van der Waals surface area contributed by atoms with Crippen LogP contribution in [0.1, 0.15) is 6.92 Å². The minimum atomic E-state index is -0.514. The molecule has 1 atom stereocenters. The molecule has 0 aromatic heterocycles. The second-order valence-corrected chi connectivity index (χ2v) is 6.45. The van der Waals surface area contributed by atoms with E-state index in [1.807, 2.05) is 54.4 Å². The lowest BCUT2D eigenvalue weighted by Gasteiger charge is -2.26. The average molecular weight is 379 g/mol. The average Bonchev–Trinajstić information content (AvgIpc) is 2.72. The summed E-state index contributed by atoms with van der Waals surface area (Å²) in [5.41, 5.74) is 1.04. The van der Waals surface area contributed by atoms with Gasteiger partial charge in [-0.2, -0.15) is 0 Å². The van der Waals surface area contributed by atoms with E-state index in [-0.39, 0.29) is 17.3 Å². The van der Waals surface area contributed by atoms with Crippen LogP contribution in [-0.4, -0.2) is 31.0 Å². The van der Waals surface area contributed by atoms with Crippen molar-refractivity contribution in [1.82, 2.24) is 0 Å². The molecule has 0 saturated carbocycles. The quantitative estimate of drug-likeness (QED) is 0.512. The zero-order valence-corrected chi connectivity index (χ0v) is 15.9. The molecule has 3 rings (SSSR count). The molecular formula is C21H21N3O4. The van der Waals surface area contributed by atoms with E-state index in [2.05, 4.69) is 5.32 Å². The van der Waals surface area contributed by atoms with Gasteiger partial charge in [0.1, 0.15) is 11.8 Å². The third kappa shape index (κ3) is 3.88. The van der Waals surface area contributed by atoms with Crippen LogP contribution in [0.2, 0.25) is 0 Å². The van der Waals surface area contributed by atoms with E-state index in [0.29, 0.717) is 5.75 Å². The number of rotatable bonds is 6. The zero-order valence-electron chi connectivity index (χ0n) is 15.9. The molecule has 1 N–H and O–H groups in total. The van der Waals surface area contributed by atoms with E-state index in [1.54, 1.807) is 6.92 Å². The van der Waals surface area contributed by atoms with Gasteiger partial charge in [-0.15, -0.1) is 0 Å². The molecule has 0 fully saturated rings. The maximum Gasteiger partial charge on any atom is 0.271 e. The number of nitro benzene ring substituents is 1. The van der Waals surface area contributed by atoms with Crippen LogP contribution in [0.5, 0.6) is 5.75 Å². The molecule has 0 spiro atoms. The van der Waals surface area contributed by atoms with Gasteiger partial charge >= 0.3 is 0 Å². The predicted octanol–water partition coefficient (Wildman–Crippen LogP) is 4.22. The van der Waals surface area contributed by atoms with Crippen molar-refractivity contribution in [1.29, 1.82) is 0 Å². The first-order chi connectivity index (χ1) is 13.4. The number of non-ortho nitro benzene ring substituents is 1. The van der Waals surface area contributed by atoms with E-state index < -0.39 is 11.0 Å². The van der Waals surface area contributed by atoms with Gasteiger partial charge in [-0.1, -0.05) is 30.3 Å². The minimum absolute atomic E-state index is 0.119. The van der Waals surface area contributed by atoms with Crippen LogP contribution in [0.4, 0.5) is 17.1 Å². The normalized spacial score (nSPS) is 11.7. The fourth-order valence-electron chi connectivity index (χ4n) is 2.94. The second-order valence-electron chi connectivity index (χ2n) is 6.45. The number of amides is 1. The number of nitrogens with one attached hydrogen (secondary N) is 1. The number of likely N-dealkylation sites (N-methyl/N-ethyl adjacent to an activating group) is 1. The van der Waals surface area contributed by atoms with E-state index in [9.17, 15) is 14.9 Å². The Balaban J connectivity index is 1.81. The first-order valence-electron chi connectivity index (χ1n) is 8.75. The van der Waals surface area contributed by atoms with Crippen molar-refractivity contribution >= 4 is 33.7 Å². The number of hydrogen-bond donors (Lipinski definition) is 1. The van der Waals surface area contributed by atoms with Crippen LogP contribution in [0, 0.1) is 10.1 Å². The molecule has 0 bridgehead atoms. The van der Waals surface area contributed by atoms with Crippen molar-refractivity contribution in [2.24, 2.45) is 0 Å². The second kappa shape index (κ2) is 7.96. The van der Waals surface area contributed by atoms with Crippen molar-refractivity contribution in [3.05, 3.63) is 70.8 Å². The number of benzene rings is 3. The van der Waals surface area contributed by atoms with Crippen molar-refractivity contribution in [3.63, 3.8) is 0 Å². The van der Waals surface area contributed by atoms with E-state index in [0.717, 1.165) is 16.5 Å². The summed E-state index contributed by atoms with van der Waals surface area (Å²) in [4.78, 5) is 25.1. The fourth-order valence-corrected chi connectivity index (χ4v) is 2.94.